The smallest absolute Gasteiger partial charge is 0.255 e. The number of benzene rings is 2. The van der Waals surface area contributed by atoms with Crippen LogP contribution in [-0.2, 0) is 0 Å². The Balaban J connectivity index is 1.83. The number of fused-ring (bicyclic) bond motifs is 1. The van der Waals surface area contributed by atoms with Crippen molar-refractivity contribution in [1.29, 1.82) is 5.26 Å². The number of hydrogen-bond acceptors (Lipinski definition) is 3. The molecule has 0 aliphatic carbocycles. The molecule has 102 valence electrons. The zero-order valence-electron chi connectivity index (χ0n) is 11.3. The molecule has 0 aliphatic heterocycles. The van der Waals surface area contributed by atoms with Crippen LogP contribution in [0.15, 0.2) is 42.5 Å². The van der Waals surface area contributed by atoms with Crippen molar-refractivity contribution >= 4 is 22.6 Å². The highest BCUT2D eigenvalue weighted by Gasteiger charge is 2.07. The Kier molecular flexibility index (Phi) is 3.13. The summed E-state index contributed by atoms with van der Waals surface area (Å²) in [4.78, 5) is 19.6. The average molecular weight is 276 g/mol. The number of aromatic amines is 1. The summed E-state index contributed by atoms with van der Waals surface area (Å²) >= 11 is 0. The Labute approximate surface area is 121 Å². The number of carbonyl (C=O) groups excluding carboxylic acids is 1. The molecule has 21 heavy (non-hydrogen) atoms. The quantitative estimate of drug-likeness (QED) is 0.754. The second-order valence-corrected chi connectivity index (χ2v) is 4.70. The lowest BCUT2D eigenvalue weighted by Crippen LogP contribution is -2.11. The van der Waals surface area contributed by atoms with E-state index in [-0.39, 0.29) is 5.91 Å². The fourth-order valence-electron chi connectivity index (χ4n) is 2.11. The van der Waals surface area contributed by atoms with Crippen LogP contribution in [0.1, 0.15) is 21.7 Å². The van der Waals surface area contributed by atoms with Gasteiger partial charge in [-0.3, -0.25) is 4.79 Å². The molecule has 0 saturated heterocycles. The largest absolute Gasteiger partial charge is 0.342 e. The Hall–Kier alpha value is -3.13. The second kappa shape index (κ2) is 5.10. The van der Waals surface area contributed by atoms with Crippen LogP contribution < -0.4 is 5.32 Å². The third-order valence-corrected chi connectivity index (χ3v) is 3.13. The lowest BCUT2D eigenvalue weighted by molar-refractivity contribution is 0.102. The summed E-state index contributed by atoms with van der Waals surface area (Å²) in [5.74, 6) is 0.621. The molecule has 0 aliphatic rings. The van der Waals surface area contributed by atoms with Crippen LogP contribution in [0.5, 0.6) is 0 Å². The predicted molar refractivity (Wildman–Crippen MR) is 79.9 cm³/mol. The van der Waals surface area contributed by atoms with E-state index in [1.165, 1.54) is 0 Å². The van der Waals surface area contributed by atoms with Gasteiger partial charge in [0.25, 0.3) is 5.91 Å². The molecule has 3 aromatic rings. The molecule has 0 saturated carbocycles. The van der Waals surface area contributed by atoms with Crippen molar-refractivity contribution in [2.24, 2.45) is 0 Å². The molecule has 0 radical (unpaired) electrons. The first kappa shape index (κ1) is 12.9. The minimum absolute atomic E-state index is 0.213. The average Bonchev–Trinajstić information content (AvgIpc) is 2.86. The minimum Gasteiger partial charge on any atom is -0.342 e. The number of amides is 1. The van der Waals surface area contributed by atoms with E-state index in [2.05, 4.69) is 15.3 Å². The fraction of sp³-hybridized carbons (Fsp3) is 0.0625. The third kappa shape index (κ3) is 2.60. The molecule has 3 rings (SSSR count). The number of nitrogens with one attached hydrogen (secondary N) is 2. The zero-order chi connectivity index (χ0) is 14.8. The molecule has 0 unspecified atom stereocenters. The maximum atomic E-state index is 12.1. The summed E-state index contributed by atoms with van der Waals surface area (Å²) in [7, 11) is 0. The Bertz CT molecular complexity index is 856. The number of nitriles is 1. The maximum absolute atomic E-state index is 12.1. The van der Waals surface area contributed by atoms with Crippen molar-refractivity contribution in [3.63, 3.8) is 0 Å². The molecular formula is C16H12N4O. The number of aromatic nitrogens is 2. The van der Waals surface area contributed by atoms with Crippen LogP contribution in [-0.4, -0.2) is 15.9 Å². The van der Waals surface area contributed by atoms with Crippen molar-refractivity contribution in [2.75, 3.05) is 5.32 Å². The first-order valence-corrected chi connectivity index (χ1v) is 6.43. The molecule has 5 nitrogen and oxygen atoms in total. The van der Waals surface area contributed by atoms with Crippen LogP contribution in [0, 0.1) is 18.3 Å². The van der Waals surface area contributed by atoms with Gasteiger partial charge in [0.05, 0.1) is 22.7 Å². The number of nitrogens with zero attached hydrogens (tertiary/aromatic N) is 2. The highest BCUT2D eigenvalue weighted by Crippen LogP contribution is 2.18. The molecule has 1 aromatic heterocycles. The van der Waals surface area contributed by atoms with Gasteiger partial charge in [0, 0.05) is 11.3 Å². The second-order valence-electron chi connectivity index (χ2n) is 4.70. The van der Waals surface area contributed by atoms with Crippen molar-refractivity contribution < 1.29 is 4.79 Å². The maximum Gasteiger partial charge on any atom is 0.255 e. The Morgan fingerprint density at radius 2 is 2.00 bits per heavy atom. The number of hydrogen-bond donors (Lipinski definition) is 2. The summed E-state index contributed by atoms with van der Waals surface area (Å²) < 4.78 is 0. The molecule has 1 heterocycles. The number of carbonyl (C=O) groups is 1. The highest BCUT2D eigenvalue weighted by molar-refractivity contribution is 6.05. The van der Waals surface area contributed by atoms with Gasteiger partial charge in [-0.05, 0) is 49.4 Å². The number of H-pyrrole nitrogens is 1. The van der Waals surface area contributed by atoms with Gasteiger partial charge in [0.15, 0.2) is 0 Å². The van der Waals surface area contributed by atoms with Gasteiger partial charge in [-0.15, -0.1) is 0 Å². The van der Waals surface area contributed by atoms with Crippen LogP contribution >= 0.6 is 0 Å². The van der Waals surface area contributed by atoms with E-state index in [1.807, 2.05) is 31.2 Å². The Morgan fingerprint density at radius 3 is 2.71 bits per heavy atom. The molecular weight excluding hydrogens is 264 g/mol. The van der Waals surface area contributed by atoms with E-state index < -0.39 is 0 Å². The molecule has 5 heteroatoms. The molecule has 0 fully saturated rings. The van der Waals surface area contributed by atoms with Gasteiger partial charge >= 0.3 is 0 Å². The summed E-state index contributed by atoms with van der Waals surface area (Å²) in [6.45, 7) is 1.88. The standard InChI is InChI=1S/C16H12N4O/c1-10-18-14-7-6-13(8-15(14)19-10)20-16(21)12-4-2-11(9-17)3-5-12/h2-8H,1H3,(H,18,19)(H,20,21). The van der Waals surface area contributed by atoms with E-state index in [1.54, 1.807) is 24.3 Å². The van der Waals surface area contributed by atoms with E-state index in [4.69, 9.17) is 5.26 Å². The van der Waals surface area contributed by atoms with Gasteiger partial charge in [0.2, 0.25) is 0 Å². The van der Waals surface area contributed by atoms with Crippen molar-refractivity contribution in [1.82, 2.24) is 9.97 Å². The first-order chi connectivity index (χ1) is 10.2. The lowest BCUT2D eigenvalue weighted by Gasteiger charge is -2.05. The number of rotatable bonds is 2. The topological polar surface area (TPSA) is 81.6 Å². The predicted octanol–water partition coefficient (Wildman–Crippen LogP) is 3.00. The van der Waals surface area contributed by atoms with Gasteiger partial charge in [-0.25, -0.2) is 4.98 Å². The summed E-state index contributed by atoms with van der Waals surface area (Å²) in [5, 5.41) is 11.6. The Morgan fingerprint density at radius 1 is 1.24 bits per heavy atom. The molecule has 0 bridgehead atoms. The number of anilines is 1. The monoisotopic (exact) mass is 276 g/mol. The first-order valence-electron chi connectivity index (χ1n) is 6.43. The van der Waals surface area contributed by atoms with Crippen molar-refractivity contribution in [3.05, 3.63) is 59.4 Å². The molecule has 1 amide bonds. The van der Waals surface area contributed by atoms with Gasteiger partial charge < -0.3 is 10.3 Å². The van der Waals surface area contributed by atoms with Crippen LogP contribution in [0.25, 0.3) is 11.0 Å². The summed E-state index contributed by atoms with van der Waals surface area (Å²) in [6, 6.07) is 14.0. The molecule has 2 N–H and O–H groups in total. The van der Waals surface area contributed by atoms with E-state index >= 15 is 0 Å². The van der Waals surface area contributed by atoms with Gasteiger partial charge in [0.1, 0.15) is 5.82 Å². The number of imidazole rings is 1. The van der Waals surface area contributed by atoms with Crippen LogP contribution in [0.2, 0.25) is 0 Å². The SMILES string of the molecule is Cc1nc2ccc(NC(=O)c3ccc(C#N)cc3)cc2[nH]1. The van der Waals surface area contributed by atoms with Crippen molar-refractivity contribution in [3.8, 4) is 6.07 Å². The normalized spacial score (nSPS) is 10.3. The zero-order valence-corrected chi connectivity index (χ0v) is 11.3. The summed E-state index contributed by atoms with van der Waals surface area (Å²) in [6.07, 6.45) is 0. The van der Waals surface area contributed by atoms with Crippen LogP contribution in [0.4, 0.5) is 5.69 Å². The van der Waals surface area contributed by atoms with Crippen LogP contribution in [0.3, 0.4) is 0 Å². The van der Waals surface area contributed by atoms with E-state index in [9.17, 15) is 4.79 Å². The fourth-order valence-corrected chi connectivity index (χ4v) is 2.11. The summed E-state index contributed by atoms with van der Waals surface area (Å²) in [5.41, 5.74) is 3.48. The third-order valence-electron chi connectivity index (χ3n) is 3.13. The molecule has 0 spiro atoms. The minimum atomic E-state index is -0.213. The molecule has 2 aromatic carbocycles. The van der Waals surface area contributed by atoms with Crippen molar-refractivity contribution in [2.45, 2.75) is 6.92 Å². The van der Waals surface area contributed by atoms with Gasteiger partial charge in [-0.2, -0.15) is 5.26 Å². The lowest BCUT2D eigenvalue weighted by atomic mass is 10.1. The van der Waals surface area contributed by atoms with Gasteiger partial charge in [-0.1, -0.05) is 0 Å². The highest BCUT2D eigenvalue weighted by atomic mass is 16.1. The number of aryl methyl sites for hydroxylation is 1. The molecule has 0 atom stereocenters. The van der Waals surface area contributed by atoms with E-state index in [0.717, 1.165) is 16.9 Å². The van der Waals surface area contributed by atoms with E-state index in [0.29, 0.717) is 16.8 Å².